The van der Waals surface area contributed by atoms with Crippen LogP contribution in [0.5, 0.6) is 5.75 Å². The first-order valence-electron chi connectivity index (χ1n) is 4.64. The molecule has 0 saturated heterocycles. The Morgan fingerprint density at radius 1 is 1.21 bits per heavy atom. The number of aliphatic hydroxyl groups excluding tert-OH is 1. The Hall–Kier alpha value is -0.730. The van der Waals surface area contributed by atoms with Crippen molar-refractivity contribution < 1.29 is 9.84 Å². The highest BCUT2D eigenvalue weighted by molar-refractivity contribution is 5.85. The Balaban J connectivity index is 0.00000169. The lowest BCUT2D eigenvalue weighted by molar-refractivity contribution is 0.252. The van der Waals surface area contributed by atoms with Crippen molar-refractivity contribution in [3.05, 3.63) is 29.8 Å². The third-order valence-electron chi connectivity index (χ3n) is 1.90. The van der Waals surface area contributed by atoms with Crippen molar-refractivity contribution in [1.29, 1.82) is 0 Å². The van der Waals surface area contributed by atoms with Gasteiger partial charge in [-0.3, -0.25) is 0 Å². The number of hydrogen-bond acceptors (Lipinski definition) is 2. The van der Waals surface area contributed by atoms with Crippen LogP contribution in [0.1, 0.15) is 18.4 Å². The number of ether oxygens (including phenoxy) is 1. The topological polar surface area (TPSA) is 29.5 Å². The van der Waals surface area contributed by atoms with Gasteiger partial charge in [-0.2, -0.15) is 0 Å². The summed E-state index contributed by atoms with van der Waals surface area (Å²) in [4.78, 5) is 0. The molecule has 0 atom stereocenters. The number of hydrogen-bond donors (Lipinski definition) is 1. The summed E-state index contributed by atoms with van der Waals surface area (Å²) in [7, 11) is 0. The highest BCUT2D eigenvalue weighted by atomic mass is 35.5. The molecule has 2 nitrogen and oxygen atoms in total. The predicted molar refractivity (Wildman–Crippen MR) is 60.2 cm³/mol. The monoisotopic (exact) mass is 216 g/mol. The van der Waals surface area contributed by atoms with Crippen LogP contribution < -0.4 is 4.74 Å². The molecular formula is C11H17ClO2. The second kappa shape index (κ2) is 7.65. The van der Waals surface area contributed by atoms with Crippen LogP contribution >= 0.6 is 12.4 Å². The Labute approximate surface area is 91.3 Å². The van der Waals surface area contributed by atoms with Gasteiger partial charge in [0.15, 0.2) is 0 Å². The highest BCUT2D eigenvalue weighted by Crippen LogP contribution is 2.16. The summed E-state index contributed by atoms with van der Waals surface area (Å²) in [6.45, 7) is 2.96. The standard InChI is InChI=1S/C11H16O2.ClH/c1-10-6-2-3-7-11(10)13-9-5-4-8-12;/h2-3,6-7,12H,4-5,8-9H2,1H3;1H. The van der Waals surface area contributed by atoms with Crippen molar-refractivity contribution in [2.75, 3.05) is 13.2 Å². The molecule has 0 aliphatic heterocycles. The first-order chi connectivity index (χ1) is 6.34. The number of rotatable bonds is 5. The van der Waals surface area contributed by atoms with E-state index in [0.29, 0.717) is 6.61 Å². The fourth-order valence-electron chi connectivity index (χ4n) is 1.11. The van der Waals surface area contributed by atoms with E-state index < -0.39 is 0 Å². The molecule has 1 rings (SSSR count). The molecule has 0 saturated carbocycles. The molecule has 0 heterocycles. The van der Waals surface area contributed by atoms with Gasteiger partial charge < -0.3 is 9.84 Å². The molecule has 0 spiro atoms. The van der Waals surface area contributed by atoms with E-state index in [0.717, 1.165) is 24.2 Å². The molecule has 0 aliphatic rings. The Kier molecular flexibility index (Phi) is 7.25. The normalized spacial score (nSPS) is 9.29. The fourth-order valence-corrected chi connectivity index (χ4v) is 1.11. The molecule has 0 amide bonds. The van der Waals surface area contributed by atoms with Gasteiger partial charge in [0.05, 0.1) is 6.61 Å². The van der Waals surface area contributed by atoms with Crippen molar-refractivity contribution in [1.82, 2.24) is 0 Å². The number of aliphatic hydroxyl groups is 1. The summed E-state index contributed by atoms with van der Waals surface area (Å²) < 4.78 is 5.53. The van der Waals surface area contributed by atoms with Crippen molar-refractivity contribution in [3.8, 4) is 5.75 Å². The largest absolute Gasteiger partial charge is 0.493 e. The van der Waals surface area contributed by atoms with E-state index >= 15 is 0 Å². The van der Waals surface area contributed by atoms with Gasteiger partial charge in [-0.1, -0.05) is 18.2 Å². The molecule has 80 valence electrons. The number of para-hydroxylation sites is 1. The van der Waals surface area contributed by atoms with Gasteiger partial charge in [0.2, 0.25) is 0 Å². The molecule has 1 aromatic carbocycles. The quantitative estimate of drug-likeness (QED) is 0.767. The Morgan fingerprint density at radius 2 is 1.93 bits per heavy atom. The van der Waals surface area contributed by atoms with Crippen molar-refractivity contribution in [2.24, 2.45) is 0 Å². The third-order valence-corrected chi connectivity index (χ3v) is 1.90. The lowest BCUT2D eigenvalue weighted by Crippen LogP contribution is -1.99. The van der Waals surface area contributed by atoms with Crippen LogP contribution in [-0.4, -0.2) is 18.3 Å². The summed E-state index contributed by atoms with van der Waals surface area (Å²) in [5, 5.41) is 8.56. The van der Waals surface area contributed by atoms with Gasteiger partial charge in [0.1, 0.15) is 5.75 Å². The van der Waals surface area contributed by atoms with Crippen LogP contribution in [0, 0.1) is 6.92 Å². The van der Waals surface area contributed by atoms with Gasteiger partial charge in [-0.05, 0) is 31.4 Å². The van der Waals surface area contributed by atoms with Crippen molar-refractivity contribution in [2.45, 2.75) is 19.8 Å². The number of benzene rings is 1. The minimum Gasteiger partial charge on any atom is -0.493 e. The maximum Gasteiger partial charge on any atom is 0.122 e. The molecule has 0 radical (unpaired) electrons. The molecular weight excluding hydrogens is 200 g/mol. The maximum absolute atomic E-state index is 8.56. The SMILES string of the molecule is Cc1ccccc1OCCCCO.Cl. The van der Waals surface area contributed by atoms with E-state index in [4.69, 9.17) is 9.84 Å². The zero-order valence-corrected chi connectivity index (χ0v) is 9.22. The van der Waals surface area contributed by atoms with E-state index in [2.05, 4.69) is 0 Å². The number of aryl methyl sites for hydroxylation is 1. The van der Waals surface area contributed by atoms with Crippen LogP contribution in [-0.2, 0) is 0 Å². The maximum atomic E-state index is 8.56. The lowest BCUT2D eigenvalue weighted by Gasteiger charge is -2.07. The lowest BCUT2D eigenvalue weighted by atomic mass is 10.2. The average Bonchev–Trinajstić information content (AvgIpc) is 2.15. The smallest absolute Gasteiger partial charge is 0.122 e. The third kappa shape index (κ3) is 4.49. The highest BCUT2D eigenvalue weighted by Gasteiger charge is 1.96. The molecule has 0 bridgehead atoms. The van der Waals surface area contributed by atoms with Crippen molar-refractivity contribution in [3.63, 3.8) is 0 Å². The minimum atomic E-state index is 0. The molecule has 0 aliphatic carbocycles. The van der Waals surface area contributed by atoms with Crippen LogP contribution in [0.4, 0.5) is 0 Å². The van der Waals surface area contributed by atoms with Crippen LogP contribution in [0.15, 0.2) is 24.3 Å². The molecule has 0 unspecified atom stereocenters. The molecule has 1 N–H and O–H groups in total. The van der Waals surface area contributed by atoms with Crippen LogP contribution in [0.2, 0.25) is 0 Å². The van der Waals surface area contributed by atoms with Gasteiger partial charge in [0.25, 0.3) is 0 Å². The summed E-state index contributed by atoms with van der Waals surface area (Å²) >= 11 is 0. The predicted octanol–water partition coefficient (Wildman–Crippen LogP) is 2.57. The first kappa shape index (κ1) is 13.3. The number of unbranched alkanes of at least 4 members (excludes halogenated alkanes) is 1. The Bertz CT molecular complexity index is 251. The van der Waals surface area contributed by atoms with E-state index in [1.165, 1.54) is 0 Å². The molecule has 1 aromatic rings. The number of halogens is 1. The van der Waals surface area contributed by atoms with Gasteiger partial charge >= 0.3 is 0 Å². The van der Waals surface area contributed by atoms with Gasteiger partial charge in [0, 0.05) is 6.61 Å². The van der Waals surface area contributed by atoms with E-state index in [1.807, 2.05) is 31.2 Å². The molecule has 0 fully saturated rings. The molecule has 3 heteroatoms. The van der Waals surface area contributed by atoms with Crippen LogP contribution in [0.3, 0.4) is 0 Å². The first-order valence-corrected chi connectivity index (χ1v) is 4.64. The summed E-state index contributed by atoms with van der Waals surface area (Å²) in [6.07, 6.45) is 1.72. The zero-order valence-electron chi connectivity index (χ0n) is 8.40. The summed E-state index contributed by atoms with van der Waals surface area (Å²) in [5.74, 6) is 0.945. The molecule has 0 aromatic heterocycles. The van der Waals surface area contributed by atoms with E-state index in [9.17, 15) is 0 Å². The second-order valence-corrected chi connectivity index (χ2v) is 3.04. The van der Waals surface area contributed by atoms with Gasteiger partial charge in [-0.25, -0.2) is 0 Å². The summed E-state index contributed by atoms with van der Waals surface area (Å²) in [6, 6.07) is 7.96. The van der Waals surface area contributed by atoms with E-state index in [1.54, 1.807) is 0 Å². The summed E-state index contributed by atoms with van der Waals surface area (Å²) in [5.41, 5.74) is 1.16. The average molecular weight is 217 g/mol. The van der Waals surface area contributed by atoms with Crippen molar-refractivity contribution >= 4 is 12.4 Å². The minimum absolute atomic E-state index is 0. The zero-order chi connectivity index (χ0) is 9.52. The van der Waals surface area contributed by atoms with Gasteiger partial charge in [-0.15, -0.1) is 12.4 Å². The fraction of sp³-hybridized carbons (Fsp3) is 0.455. The van der Waals surface area contributed by atoms with Crippen LogP contribution in [0.25, 0.3) is 0 Å². The molecule has 14 heavy (non-hydrogen) atoms. The second-order valence-electron chi connectivity index (χ2n) is 3.04. The van der Waals surface area contributed by atoms with E-state index in [-0.39, 0.29) is 19.0 Å². The Morgan fingerprint density at radius 3 is 2.57 bits per heavy atom.